The second kappa shape index (κ2) is 47.3. The molecule has 0 aromatic rings. The van der Waals surface area contributed by atoms with Crippen molar-refractivity contribution in [2.75, 3.05) is 40.4 Å². The Bertz CT molecular complexity index is 1000. The first-order valence-electron chi connectivity index (χ1n) is 26.1. The summed E-state index contributed by atoms with van der Waals surface area (Å²) in [6, 6.07) is 0.358. The van der Waals surface area contributed by atoms with Crippen molar-refractivity contribution in [2.45, 2.75) is 253 Å². The van der Waals surface area contributed by atoms with E-state index in [1.165, 1.54) is 109 Å². The predicted octanol–water partition coefficient (Wildman–Crippen LogP) is 15.4. The summed E-state index contributed by atoms with van der Waals surface area (Å²) in [6.07, 6.45) is 39.1. The molecule has 0 radical (unpaired) electrons. The van der Waals surface area contributed by atoms with E-state index in [4.69, 9.17) is 9.47 Å². The van der Waals surface area contributed by atoms with Gasteiger partial charge in [0.05, 0.1) is 13.2 Å². The average molecular weight is 861 g/mol. The van der Waals surface area contributed by atoms with Crippen molar-refractivity contribution >= 4 is 18.3 Å². The maximum absolute atomic E-state index is 13.8. The molecule has 0 bridgehead atoms. The van der Waals surface area contributed by atoms with Crippen LogP contribution in [0.25, 0.3) is 0 Å². The lowest BCUT2D eigenvalue weighted by molar-refractivity contribution is -0.145. The second-order valence-electron chi connectivity index (χ2n) is 18.3. The van der Waals surface area contributed by atoms with E-state index in [1.54, 1.807) is 0 Å². The van der Waals surface area contributed by atoms with Gasteiger partial charge in [0.1, 0.15) is 0 Å². The van der Waals surface area contributed by atoms with Crippen LogP contribution in [0.3, 0.4) is 0 Å². The Morgan fingerprint density at radius 1 is 0.541 bits per heavy atom. The molecule has 3 unspecified atom stereocenters. The normalized spacial score (nSPS) is 12.6. The first kappa shape index (κ1) is 60.9. The molecule has 0 saturated heterocycles. The van der Waals surface area contributed by atoms with Gasteiger partial charge < -0.3 is 19.3 Å². The minimum Gasteiger partial charge on any atom is -0.467 e. The van der Waals surface area contributed by atoms with Gasteiger partial charge >= 0.3 is 5.97 Å². The number of nitrogens with zero attached hydrogens (tertiary/aromatic N) is 2. The summed E-state index contributed by atoms with van der Waals surface area (Å²) in [5.41, 5.74) is 1.07. The van der Waals surface area contributed by atoms with Gasteiger partial charge in [-0.2, -0.15) is 0 Å². The summed E-state index contributed by atoms with van der Waals surface area (Å²) in [5, 5.41) is 0. The number of hydrogen-bond acceptors (Lipinski definition) is 6. The highest BCUT2D eigenvalue weighted by Crippen LogP contribution is 2.29. The highest BCUT2D eigenvalue weighted by Gasteiger charge is 2.24. The maximum Gasteiger partial charge on any atom is 0.305 e. The Labute approximate surface area is 380 Å². The van der Waals surface area contributed by atoms with Gasteiger partial charge in [0.15, 0.2) is 0 Å². The van der Waals surface area contributed by atoms with Gasteiger partial charge in [-0.05, 0) is 72.0 Å². The molecule has 0 heterocycles. The Hall–Kier alpha value is -2.15. The first-order valence-corrected chi connectivity index (χ1v) is 26.1. The number of esters is 1. The lowest BCUT2D eigenvalue weighted by Gasteiger charge is -2.33. The van der Waals surface area contributed by atoms with Crippen LogP contribution in [0.15, 0.2) is 24.8 Å². The molecule has 0 spiro atoms. The van der Waals surface area contributed by atoms with Crippen molar-refractivity contribution in [3.05, 3.63) is 24.8 Å². The van der Waals surface area contributed by atoms with Crippen LogP contribution in [0.5, 0.6) is 0 Å². The third-order valence-corrected chi connectivity index (χ3v) is 12.3. The summed E-state index contributed by atoms with van der Waals surface area (Å²) in [5.74, 6) is 0.491. The molecule has 0 saturated carbocycles. The first-order chi connectivity index (χ1) is 29.7. The van der Waals surface area contributed by atoms with Gasteiger partial charge in [-0.3, -0.25) is 14.4 Å². The molecule has 0 fully saturated rings. The van der Waals surface area contributed by atoms with Crippen LogP contribution in [0.1, 0.15) is 247 Å². The van der Waals surface area contributed by atoms with Crippen molar-refractivity contribution < 1.29 is 23.9 Å². The summed E-state index contributed by atoms with van der Waals surface area (Å²) >= 11 is 0. The second-order valence-corrected chi connectivity index (χ2v) is 18.3. The van der Waals surface area contributed by atoms with Gasteiger partial charge in [-0.15, -0.1) is 6.58 Å². The standard InChI is InChI=1S/C50H96N2O5.C4H8/c1-8-12-16-19-21-24-29-36-48(52(41-33-40-51(6)7)49(54)38-31-26-20-17-13-9-2)37-30-25-22-23-27-32-39-50(55)57-43-47(34-15-11-4)45(5)46(42-56-44-53)35-28-18-14-10-3;1-3-4-2/h44,46-48H,5,8-43H2,1-4,6-7H3;3H,1,4H2,2H3. The fourth-order valence-electron chi connectivity index (χ4n) is 8.19. The van der Waals surface area contributed by atoms with Crippen LogP contribution in [0.2, 0.25) is 0 Å². The Morgan fingerprint density at radius 2 is 0.967 bits per heavy atom. The highest BCUT2D eigenvalue weighted by molar-refractivity contribution is 5.76. The van der Waals surface area contributed by atoms with Crippen molar-refractivity contribution in [3.63, 3.8) is 0 Å². The van der Waals surface area contributed by atoms with Crippen LogP contribution < -0.4 is 0 Å². The number of carbonyl (C=O) groups is 3. The van der Waals surface area contributed by atoms with Gasteiger partial charge in [0.2, 0.25) is 5.91 Å². The van der Waals surface area contributed by atoms with Gasteiger partial charge in [-0.25, -0.2) is 0 Å². The Morgan fingerprint density at radius 3 is 1.46 bits per heavy atom. The molecule has 0 aromatic carbocycles. The lowest BCUT2D eigenvalue weighted by atomic mass is 9.83. The molecule has 0 aliphatic rings. The smallest absolute Gasteiger partial charge is 0.305 e. The molecule has 0 N–H and O–H groups in total. The lowest BCUT2D eigenvalue weighted by Crippen LogP contribution is -2.41. The summed E-state index contributed by atoms with van der Waals surface area (Å²) < 4.78 is 11.0. The predicted molar refractivity (Wildman–Crippen MR) is 264 cm³/mol. The zero-order valence-corrected chi connectivity index (χ0v) is 41.9. The van der Waals surface area contributed by atoms with Crippen molar-refractivity contribution in [2.24, 2.45) is 11.8 Å². The van der Waals surface area contributed by atoms with Crippen LogP contribution >= 0.6 is 0 Å². The highest BCUT2D eigenvalue weighted by atomic mass is 16.5. The van der Waals surface area contributed by atoms with Crippen molar-refractivity contribution in [1.82, 2.24) is 9.80 Å². The zero-order chi connectivity index (χ0) is 45.6. The minimum absolute atomic E-state index is 0.102. The van der Waals surface area contributed by atoms with E-state index in [0.29, 0.717) is 44.5 Å². The number of ether oxygens (including phenoxy) is 2. The van der Waals surface area contributed by atoms with Gasteiger partial charge in [0.25, 0.3) is 6.47 Å². The summed E-state index contributed by atoms with van der Waals surface area (Å²) in [7, 11) is 4.26. The fourth-order valence-corrected chi connectivity index (χ4v) is 8.19. The van der Waals surface area contributed by atoms with Crippen LogP contribution in [-0.4, -0.2) is 74.6 Å². The summed E-state index contributed by atoms with van der Waals surface area (Å²) in [6.45, 7) is 22.1. The van der Waals surface area contributed by atoms with E-state index in [1.807, 2.05) is 6.08 Å². The molecule has 61 heavy (non-hydrogen) atoms. The molecular weight excluding hydrogens is 757 g/mol. The van der Waals surface area contributed by atoms with E-state index in [2.05, 4.69) is 71.7 Å². The fraction of sp³-hybridized carbons (Fsp3) is 0.870. The van der Waals surface area contributed by atoms with Gasteiger partial charge in [-0.1, -0.05) is 201 Å². The average Bonchev–Trinajstić information content (AvgIpc) is 3.25. The SMILES string of the molecule is C=C(C(CCCCCC)COC=O)C(CCCC)COC(=O)CCCCCCCCC(CCCCCCCCC)N(CCCN(C)C)C(=O)CCCCCCCC.C=CCC. The largest absolute Gasteiger partial charge is 0.467 e. The van der Waals surface area contributed by atoms with Crippen molar-refractivity contribution in [1.29, 1.82) is 0 Å². The molecule has 0 rings (SSSR count). The maximum atomic E-state index is 13.8. The number of rotatable bonds is 45. The van der Waals surface area contributed by atoms with E-state index >= 15 is 0 Å². The van der Waals surface area contributed by atoms with E-state index in [9.17, 15) is 14.4 Å². The molecule has 1 amide bonds. The van der Waals surface area contributed by atoms with Crippen molar-refractivity contribution in [3.8, 4) is 0 Å². The Balaban J connectivity index is 0. The van der Waals surface area contributed by atoms with Crippen LogP contribution in [0, 0.1) is 11.8 Å². The third-order valence-electron chi connectivity index (χ3n) is 12.3. The number of allylic oxidation sites excluding steroid dienone is 1. The molecule has 7 heteroatoms. The molecule has 7 nitrogen and oxygen atoms in total. The topological polar surface area (TPSA) is 76.2 Å². The van der Waals surface area contributed by atoms with E-state index in [-0.39, 0.29) is 17.8 Å². The zero-order valence-electron chi connectivity index (χ0n) is 41.9. The Kier molecular flexibility index (Phi) is 47.3. The number of unbranched alkanes of at least 4 members (excludes halogenated alkanes) is 20. The minimum atomic E-state index is -0.110. The quantitative estimate of drug-likeness (QED) is 0.0263. The number of hydrogen-bond donors (Lipinski definition) is 0. The van der Waals surface area contributed by atoms with E-state index in [0.717, 1.165) is 109 Å². The molecule has 0 aliphatic carbocycles. The molecule has 360 valence electrons. The molecule has 0 aromatic heterocycles. The van der Waals surface area contributed by atoms with E-state index < -0.39 is 0 Å². The number of amides is 1. The number of carbonyl (C=O) groups excluding carboxylic acids is 3. The molecule has 0 aliphatic heterocycles. The summed E-state index contributed by atoms with van der Waals surface area (Å²) in [4.78, 5) is 42.1. The molecular formula is C54H104N2O5. The molecule has 3 atom stereocenters. The van der Waals surface area contributed by atoms with Crippen LogP contribution in [0.4, 0.5) is 0 Å². The van der Waals surface area contributed by atoms with Gasteiger partial charge in [0, 0.05) is 37.3 Å². The van der Waals surface area contributed by atoms with Crippen LogP contribution in [-0.2, 0) is 23.9 Å². The monoisotopic (exact) mass is 861 g/mol. The third kappa shape index (κ3) is 39.2.